The number of ether oxygens (including phenoxy) is 1. The minimum Gasteiger partial charge on any atom is -0.504 e. The fourth-order valence-electron chi connectivity index (χ4n) is 2.18. The maximum atomic E-state index is 11.0. The molecule has 0 aliphatic carbocycles. The van der Waals surface area contributed by atoms with Crippen molar-refractivity contribution in [2.24, 2.45) is 0 Å². The van der Waals surface area contributed by atoms with E-state index in [9.17, 15) is 9.90 Å². The third kappa shape index (κ3) is 6.19. The molecule has 0 saturated heterocycles. The number of benzene rings is 1. The van der Waals surface area contributed by atoms with Gasteiger partial charge >= 0.3 is 5.97 Å². The molecule has 0 radical (unpaired) electrons. The van der Waals surface area contributed by atoms with Gasteiger partial charge in [0.2, 0.25) is 0 Å². The van der Waals surface area contributed by atoms with Gasteiger partial charge in [0.05, 0.1) is 0 Å². The average molecular weight is 318 g/mol. The fraction of sp³-hybridized carbons (Fsp3) is 0.421. The molecule has 0 aliphatic rings. The molecule has 1 rings (SSSR count). The summed E-state index contributed by atoms with van der Waals surface area (Å²) in [6.45, 7) is 8.20. The maximum Gasteiger partial charge on any atom is 0.339 e. The molecule has 0 bridgehead atoms. The highest BCUT2D eigenvalue weighted by Crippen LogP contribution is 2.31. The van der Waals surface area contributed by atoms with Crippen molar-refractivity contribution in [2.75, 3.05) is 0 Å². The van der Waals surface area contributed by atoms with Gasteiger partial charge in [-0.15, -0.1) is 0 Å². The van der Waals surface area contributed by atoms with Gasteiger partial charge in [0.1, 0.15) is 11.7 Å². The lowest BCUT2D eigenvalue weighted by Crippen LogP contribution is -2.13. The summed E-state index contributed by atoms with van der Waals surface area (Å²) in [5.74, 6) is -1.30. The first kappa shape index (κ1) is 18.8. The van der Waals surface area contributed by atoms with Crippen LogP contribution >= 0.6 is 0 Å². The predicted molar refractivity (Wildman–Crippen MR) is 92.2 cm³/mol. The lowest BCUT2D eigenvalue weighted by Gasteiger charge is -2.17. The summed E-state index contributed by atoms with van der Waals surface area (Å²) in [6, 6.07) is 4.50. The summed E-state index contributed by atoms with van der Waals surface area (Å²) in [4.78, 5) is 11.0. The van der Waals surface area contributed by atoms with Crippen LogP contribution in [0.4, 0.5) is 0 Å². The number of para-hydroxylation sites is 1. The van der Waals surface area contributed by atoms with Gasteiger partial charge < -0.3 is 14.9 Å². The Balaban J connectivity index is 2.82. The number of carbonyl (C=O) groups is 1. The van der Waals surface area contributed by atoms with Crippen molar-refractivity contribution in [3.63, 3.8) is 0 Å². The van der Waals surface area contributed by atoms with Crippen LogP contribution < -0.4 is 4.74 Å². The first-order valence-electron chi connectivity index (χ1n) is 7.87. The van der Waals surface area contributed by atoms with E-state index in [1.54, 1.807) is 12.1 Å². The van der Waals surface area contributed by atoms with Crippen LogP contribution in [0.5, 0.6) is 11.5 Å². The van der Waals surface area contributed by atoms with Crippen LogP contribution in [0.3, 0.4) is 0 Å². The molecule has 23 heavy (non-hydrogen) atoms. The zero-order valence-corrected chi connectivity index (χ0v) is 14.3. The van der Waals surface area contributed by atoms with Crippen molar-refractivity contribution in [1.29, 1.82) is 0 Å². The highest BCUT2D eigenvalue weighted by Gasteiger charge is 2.16. The average Bonchev–Trinajstić information content (AvgIpc) is 2.47. The number of carboxylic acid groups (broad SMARTS) is 1. The van der Waals surface area contributed by atoms with Crippen LogP contribution in [-0.2, 0) is 0 Å². The second-order valence-corrected chi connectivity index (χ2v) is 5.86. The van der Waals surface area contributed by atoms with Gasteiger partial charge in [0.15, 0.2) is 11.5 Å². The van der Waals surface area contributed by atoms with Crippen molar-refractivity contribution >= 4 is 5.97 Å². The number of rotatable bonds is 8. The van der Waals surface area contributed by atoms with E-state index in [4.69, 9.17) is 9.84 Å². The smallest absolute Gasteiger partial charge is 0.339 e. The topological polar surface area (TPSA) is 66.8 Å². The quantitative estimate of drug-likeness (QED) is 0.666. The van der Waals surface area contributed by atoms with Crippen molar-refractivity contribution in [1.82, 2.24) is 0 Å². The summed E-state index contributed by atoms with van der Waals surface area (Å²) in [7, 11) is 0. The highest BCUT2D eigenvalue weighted by molar-refractivity contribution is 5.91. The highest BCUT2D eigenvalue weighted by atomic mass is 16.5. The Labute approximate surface area is 138 Å². The number of hydrogen-bond acceptors (Lipinski definition) is 3. The summed E-state index contributed by atoms with van der Waals surface area (Å²) < 4.78 is 5.78. The van der Waals surface area contributed by atoms with Crippen LogP contribution in [-0.4, -0.2) is 22.3 Å². The molecule has 0 heterocycles. The molecular formula is C19H26O4. The van der Waals surface area contributed by atoms with E-state index < -0.39 is 5.97 Å². The second-order valence-electron chi connectivity index (χ2n) is 5.86. The third-order valence-electron chi connectivity index (χ3n) is 3.47. The van der Waals surface area contributed by atoms with Crippen LogP contribution in [0.1, 0.15) is 57.3 Å². The fourth-order valence-corrected chi connectivity index (χ4v) is 2.18. The number of phenols is 1. The molecule has 1 aromatic carbocycles. The van der Waals surface area contributed by atoms with Gasteiger partial charge in [0, 0.05) is 0 Å². The molecule has 0 fully saturated rings. The molecule has 126 valence electrons. The summed E-state index contributed by atoms with van der Waals surface area (Å²) >= 11 is 0. The van der Waals surface area contributed by atoms with Crippen LogP contribution in [0, 0.1) is 0 Å². The first-order valence-corrected chi connectivity index (χ1v) is 7.87. The van der Waals surface area contributed by atoms with Crippen LogP contribution in [0.25, 0.3) is 0 Å². The Kier molecular flexibility index (Phi) is 7.39. The van der Waals surface area contributed by atoms with Crippen molar-refractivity contribution in [3.8, 4) is 11.5 Å². The van der Waals surface area contributed by atoms with E-state index in [1.807, 2.05) is 13.0 Å². The number of hydrogen-bond donors (Lipinski definition) is 2. The van der Waals surface area contributed by atoms with Gasteiger partial charge in [-0.3, -0.25) is 0 Å². The van der Waals surface area contributed by atoms with Gasteiger partial charge in [0.25, 0.3) is 0 Å². The van der Waals surface area contributed by atoms with E-state index >= 15 is 0 Å². The summed E-state index contributed by atoms with van der Waals surface area (Å²) in [6.07, 6.45) is 6.70. The van der Waals surface area contributed by atoms with Crippen molar-refractivity contribution < 1.29 is 19.7 Å². The SMILES string of the molecule is CCC(/C=C(\C)CCC=C(C)C)Oc1cccc(C(=O)O)c1O. The van der Waals surface area contributed by atoms with E-state index in [0.717, 1.165) is 19.3 Å². The van der Waals surface area contributed by atoms with Gasteiger partial charge in [-0.05, 0) is 58.2 Å². The lowest BCUT2D eigenvalue weighted by atomic mass is 10.1. The Morgan fingerprint density at radius 3 is 2.57 bits per heavy atom. The van der Waals surface area contributed by atoms with Gasteiger partial charge in [-0.1, -0.05) is 30.2 Å². The number of aromatic carboxylic acids is 1. The second kappa shape index (κ2) is 9.03. The molecule has 1 unspecified atom stereocenters. The lowest BCUT2D eigenvalue weighted by molar-refractivity contribution is 0.0692. The standard InChI is InChI=1S/C19H26O4/c1-5-15(12-14(4)9-6-8-13(2)3)23-17-11-7-10-16(18(17)20)19(21)22/h7-8,10-12,15,20H,5-6,9H2,1-4H3,(H,21,22)/b14-12+. The van der Waals surface area contributed by atoms with Crippen molar-refractivity contribution in [3.05, 3.63) is 47.1 Å². The maximum absolute atomic E-state index is 11.0. The molecule has 0 aliphatic heterocycles. The Hall–Kier alpha value is -2.23. The van der Waals surface area contributed by atoms with E-state index in [-0.39, 0.29) is 23.2 Å². The Morgan fingerprint density at radius 1 is 1.30 bits per heavy atom. The molecule has 4 heteroatoms. The first-order chi connectivity index (χ1) is 10.8. The molecular weight excluding hydrogens is 292 g/mol. The zero-order chi connectivity index (χ0) is 17.4. The molecule has 1 atom stereocenters. The minimum atomic E-state index is -1.17. The van der Waals surface area contributed by atoms with Crippen LogP contribution in [0.2, 0.25) is 0 Å². The molecule has 0 saturated carbocycles. The largest absolute Gasteiger partial charge is 0.504 e. The molecule has 2 N–H and O–H groups in total. The Bertz CT molecular complexity index is 595. The molecule has 0 amide bonds. The molecule has 0 aromatic heterocycles. The minimum absolute atomic E-state index is 0.151. The van der Waals surface area contributed by atoms with E-state index in [1.165, 1.54) is 17.2 Å². The molecule has 1 aromatic rings. The van der Waals surface area contributed by atoms with Crippen molar-refractivity contribution in [2.45, 2.75) is 53.1 Å². The summed E-state index contributed by atoms with van der Waals surface area (Å²) in [5, 5.41) is 19.0. The van der Waals surface area contributed by atoms with E-state index in [2.05, 4.69) is 26.8 Å². The van der Waals surface area contributed by atoms with Gasteiger partial charge in [-0.2, -0.15) is 0 Å². The summed E-state index contributed by atoms with van der Waals surface area (Å²) in [5.41, 5.74) is 2.36. The zero-order valence-electron chi connectivity index (χ0n) is 14.3. The molecule has 4 nitrogen and oxygen atoms in total. The number of allylic oxidation sites excluding steroid dienone is 3. The van der Waals surface area contributed by atoms with Gasteiger partial charge in [-0.25, -0.2) is 4.79 Å². The number of carboxylic acids is 1. The third-order valence-corrected chi connectivity index (χ3v) is 3.47. The monoisotopic (exact) mass is 318 g/mol. The Morgan fingerprint density at radius 2 is 2.00 bits per heavy atom. The predicted octanol–water partition coefficient (Wildman–Crippen LogP) is 4.94. The molecule has 0 spiro atoms. The number of aromatic hydroxyl groups is 1. The van der Waals surface area contributed by atoms with Crippen LogP contribution in [0.15, 0.2) is 41.5 Å². The van der Waals surface area contributed by atoms with E-state index in [0.29, 0.717) is 0 Å². The normalized spacial score (nSPS) is 12.6.